The lowest BCUT2D eigenvalue weighted by Gasteiger charge is -2.23. The largest absolute Gasteiger partial charge is 0.396 e. The van der Waals surface area contributed by atoms with Gasteiger partial charge in [-0.05, 0) is 17.4 Å². The van der Waals surface area contributed by atoms with Crippen LogP contribution in [0.3, 0.4) is 0 Å². The maximum atomic E-state index is 5.92. The van der Waals surface area contributed by atoms with Gasteiger partial charge in [0.2, 0.25) is 0 Å². The highest BCUT2D eigenvalue weighted by Gasteiger charge is 2.21. The molecule has 0 amide bonds. The summed E-state index contributed by atoms with van der Waals surface area (Å²) in [5, 5.41) is 0. The van der Waals surface area contributed by atoms with Crippen LogP contribution < -0.4 is 0 Å². The lowest BCUT2D eigenvalue weighted by atomic mass is 10.2. The molecular formula is C14H32O2Si. The van der Waals surface area contributed by atoms with Gasteiger partial charge < -0.3 is 8.85 Å². The molecule has 0 aromatic carbocycles. The lowest BCUT2D eigenvalue weighted by molar-refractivity contribution is 0.156. The minimum absolute atomic E-state index is 0.603. The first-order chi connectivity index (χ1) is 7.97. The molecule has 104 valence electrons. The van der Waals surface area contributed by atoms with Crippen LogP contribution in [0.4, 0.5) is 0 Å². The third-order valence-corrected chi connectivity index (χ3v) is 4.74. The van der Waals surface area contributed by atoms with E-state index in [1.807, 2.05) is 0 Å². The molecule has 0 saturated carbocycles. The predicted octanol–water partition coefficient (Wildman–Crippen LogP) is 4.15. The summed E-state index contributed by atoms with van der Waals surface area (Å²) < 4.78 is 11.8. The molecule has 0 rings (SSSR count). The van der Waals surface area contributed by atoms with Crippen molar-refractivity contribution in [3.63, 3.8) is 0 Å². The Morgan fingerprint density at radius 2 is 1.24 bits per heavy atom. The maximum Gasteiger partial charge on any atom is 0.324 e. The fourth-order valence-electron chi connectivity index (χ4n) is 1.14. The third-order valence-electron chi connectivity index (χ3n) is 2.30. The molecule has 0 aliphatic heterocycles. The Bertz CT molecular complexity index is 148. The highest BCUT2D eigenvalue weighted by Crippen LogP contribution is 2.17. The second-order valence-electron chi connectivity index (χ2n) is 5.21. The first-order valence-corrected chi connectivity index (χ1v) is 8.31. The van der Waals surface area contributed by atoms with E-state index in [-0.39, 0.29) is 0 Å². The van der Waals surface area contributed by atoms with Crippen LogP contribution in [0, 0.1) is 11.8 Å². The summed E-state index contributed by atoms with van der Waals surface area (Å²) in [5.74, 6) is 1.21. The molecule has 1 atom stereocenters. The van der Waals surface area contributed by atoms with Crippen molar-refractivity contribution in [1.82, 2.24) is 0 Å². The molecule has 0 N–H and O–H groups in total. The summed E-state index contributed by atoms with van der Waals surface area (Å²) in [6.45, 7) is 20.9. The van der Waals surface area contributed by atoms with Crippen LogP contribution in [0.2, 0.25) is 5.54 Å². The molecule has 3 heteroatoms. The standard InChI is InChI=1S/C12H28O2Si.C2H4/c1-7-12(6)15(13-8-10(2)3)14-9-11(4)5;1-2/h10-12,15H,7-9H2,1-6H3;1-2H2. The van der Waals surface area contributed by atoms with Crippen LogP contribution in [0.5, 0.6) is 0 Å². The van der Waals surface area contributed by atoms with Gasteiger partial charge in [0.05, 0.1) is 0 Å². The number of hydrogen-bond acceptors (Lipinski definition) is 2. The highest BCUT2D eigenvalue weighted by atomic mass is 28.3. The van der Waals surface area contributed by atoms with E-state index in [4.69, 9.17) is 8.85 Å². The van der Waals surface area contributed by atoms with Crippen LogP contribution in [0.1, 0.15) is 48.0 Å². The van der Waals surface area contributed by atoms with Gasteiger partial charge in [0, 0.05) is 13.2 Å². The molecule has 17 heavy (non-hydrogen) atoms. The minimum atomic E-state index is -1.44. The molecule has 1 unspecified atom stereocenters. The Hall–Kier alpha value is -0.123. The Morgan fingerprint density at radius 3 is 1.47 bits per heavy atom. The molecule has 0 saturated heterocycles. The van der Waals surface area contributed by atoms with E-state index in [2.05, 4.69) is 54.7 Å². The van der Waals surface area contributed by atoms with Gasteiger partial charge in [-0.25, -0.2) is 0 Å². The van der Waals surface area contributed by atoms with Crippen molar-refractivity contribution in [3.05, 3.63) is 13.2 Å². The fourth-order valence-corrected chi connectivity index (χ4v) is 3.43. The zero-order chi connectivity index (χ0) is 13.8. The van der Waals surface area contributed by atoms with Gasteiger partial charge in [-0.1, -0.05) is 48.0 Å². The second kappa shape index (κ2) is 12.3. The number of hydrogen-bond donors (Lipinski definition) is 0. The zero-order valence-electron chi connectivity index (χ0n) is 12.7. The van der Waals surface area contributed by atoms with Crippen molar-refractivity contribution in [2.24, 2.45) is 11.8 Å². The van der Waals surface area contributed by atoms with E-state index in [0.717, 1.165) is 19.6 Å². The Labute approximate surface area is 110 Å². The fraction of sp³-hybridized carbons (Fsp3) is 0.857. The monoisotopic (exact) mass is 260 g/mol. The highest BCUT2D eigenvalue weighted by molar-refractivity contribution is 6.46. The van der Waals surface area contributed by atoms with Gasteiger partial charge in [-0.15, -0.1) is 13.2 Å². The summed E-state index contributed by atoms with van der Waals surface area (Å²) in [6.07, 6.45) is 1.16. The Kier molecular flexibility index (Phi) is 13.9. The van der Waals surface area contributed by atoms with Gasteiger partial charge in [-0.2, -0.15) is 0 Å². The maximum absolute atomic E-state index is 5.92. The van der Waals surface area contributed by atoms with E-state index in [0.29, 0.717) is 17.4 Å². The molecule has 0 aromatic rings. The van der Waals surface area contributed by atoms with Gasteiger partial charge in [0.25, 0.3) is 0 Å². The molecule has 0 aromatic heterocycles. The average molecular weight is 260 g/mol. The summed E-state index contributed by atoms with van der Waals surface area (Å²) in [4.78, 5) is 0. The van der Waals surface area contributed by atoms with Crippen molar-refractivity contribution in [1.29, 1.82) is 0 Å². The predicted molar refractivity (Wildman–Crippen MR) is 79.7 cm³/mol. The molecule has 2 nitrogen and oxygen atoms in total. The molecule has 0 aliphatic rings. The topological polar surface area (TPSA) is 18.5 Å². The lowest BCUT2D eigenvalue weighted by Crippen LogP contribution is -2.30. The van der Waals surface area contributed by atoms with E-state index >= 15 is 0 Å². The quantitative estimate of drug-likeness (QED) is 0.482. The van der Waals surface area contributed by atoms with Gasteiger partial charge >= 0.3 is 9.28 Å². The van der Waals surface area contributed by atoms with Crippen molar-refractivity contribution in [3.8, 4) is 0 Å². The normalized spacial score (nSPS) is 12.8. The van der Waals surface area contributed by atoms with Crippen molar-refractivity contribution >= 4 is 9.28 Å². The third kappa shape index (κ3) is 12.1. The summed E-state index contributed by atoms with van der Waals surface area (Å²) >= 11 is 0. The summed E-state index contributed by atoms with van der Waals surface area (Å²) in [6, 6.07) is 0. The molecule has 0 fully saturated rings. The van der Waals surface area contributed by atoms with Crippen LogP contribution in [0.15, 0.2) is 13.2 Å². The van der Waals surface area contributed by atoms with Crippen molar-refractivity contribution in [2.75, 3.05) is 13.2 Å². The van der Waals surface area contributed by atoms with Crippen molar-refractivity contribution < 1.29 is 8.85 Å². The van der Waals surface area contributed by atoms with Crippen LogP contribution in [-0.4, -0.2) is 22.5 Å². The Morgan fingerprint density at radius 1 is 0.882 bits per heavy atom. The second-order valence-corrected chi connectivity index (χ2v) is 7.75. The molecule has 0 spiro atoms. The number of rotatable bonds is 8. The average Bonchev–Trinajstić information content (AvgIpc) is 2.30. The van der Waals surface area contributed by atoms with Crippen LogP contribution in [0.25, 0.3) is 0 Å². The first kappa shape index (κ1) is 19.2. The summed E-state index contributed by atoms with van der Waals surface area (Å²) in [5.41, 5.74) is 0.613. The van der Waals surface area contributed by atoms with Crippen molar-refractivity contribution in [2.45, 2.75) is 53.5 Å². The molecule has 0 bridgehead atoms. The van der Waals surface area contributed by atoms with E-state index in [9.17, 15) is 0 Å². The van der Waals surface area contributed by atoms with Crippen LogP contribution >= 0.6 is 0 Å². The van der Waals surface area contributed by atoms with Gasteiger partial charge in [0.15, 0.2) is 0 Å². The minimum Gasteiger partial charge on any atom is -0.396 e. The van der Waals surface area contributed by atoms with Gasteiger partial charge in [0.1, 0.15) is 0 Å². The molecule has 0 heterocycles. The zero-order valence-corrected chi connectivity index (χ0v) is 13.8. The SMILES string of the molecule is C=C.CCC(C)[SiH](OCC(C)C)OCC(C)C. The smallest absolute Gasteiger partial charge is 0.324 e. The molecular weight excluding hydrogens is 228 g/mol. The Balaban J connectivity index is 0. The first-order valence-electron chi connectivity index (χ1n) is 6.70. The molecule has 0 radical (unpaired) electrons. The van der Waals surface area contributed by atoms with Gasteiger partial charge in [-0.3, -0.25) is 0 Å². The van der Waals surface area contributed by atoms with E-state index in [1.165, 1.54) is 0 Å². The van der Waals surface area contributed by atoms with E-state index in [1.54, 1.807) is 0 Å². The van der Waals surface area contributed by atoms with Crippen LogP contribution in [-0.2, 0) is 8.85 Å². The van der Waals surface area contributed by atoms with E-state index < -0.39 is 9.28 Å². The summed E-state index contributed by atoms with van der Waals surface area (Å²) in [7, 11) is -1.44. The molecule has 0 aliphatic carbocycles.